The van der Waals surface area contributed by atoms with E-state index in [0.717, 1.165) is 18.4 Å². The predicted octanol–water partition coefficient (Wildman–Crippen LogP) is 1.92. The number of carbonyl (C=O) groups is 3. The Kier molecular flexibility index (Phi) is 2.88. The number of rotatable bonds is 2. The van der Waals surface area contributed by atoms with E-state index in [1.807, 2.05) is 32.0 Å². The number of fused-ring (bicyclic) bond motifs is 2. The zero-order valence-corrected chi connectivity index (χ0v) is 15.6. The molecule has 6 aliphatic rings. The molecular weight excluding hydrogens is 330 g/mol. The Morgan fingerprint density at radius 1 is 1.27 bits per heavy atom. The molecule has 0 aromatic heterocycles. The highest BCUT2D eigenvalue weighted by Crippen LogP contribution is 2.76. The fraction of sp³-hybridized carbons (Fsp3) is 0.667. The van der Waals surface area contributed by atoms with E-state index in [1.54, 1.807) is 0 Å². The molecule has 6 atom stereocenters. The molecule has 0 aromatic rings. The molecule has 5 nitrogen and oxygen atoms in total. The standard InChI is InChI=1S/C21H25NO4/c1-11-8-12-9-21(16(11)23)14(12)20-7-5-6-19(2,26-18(20)25)15(20)13(17(21)24)10-22(3)4/h8,13-15H,1,5-7,9-10H2,2-4H3/t13-,14?,15?,19+,20+,21-/m0/s1. The fourth-order valence-corrected chi connectivity index (χ4v) is 7.27. The Labute approximate surface area is 153 Å². The van der Waals surface area contributed by atoms with Crippen molar-refractivity contribution in [1.29, 1.82) is 0 Å². The molecular formula is C21H25NO4. The number of carbonyl (C=O) groups excluding carboxylic acids is 3. The maximum atomic E-state index is 13.7. The summed E-state index contributed by atoms with van der Waals surface area (Å²) in [6.07, 6.45) is 4.71. The molecule has 0 amide bonds. The van der Waals surface area contributed by atoms with Gasteiger partial charge in [0.25, 0.3) is 0 Å². The highest BCUT2D eigenvalue weighted by molar-refractivity contribution is 6.21. The maximum absolute atomic E-state index is 13.7. The highest BCUT2D eigenvalue weighted by atomic mass is 16.6. The van der Waals surface area contributed by atoms with Crippen molar-refractivity contribution in [3.63, 3.8) is 0 Å². The van der Waals surface area contributed by atoms with Crippen LogP contribution in [0.15, 0.2) is 23.8 Å². The van der Waals surface area contributed by atoms with Gasteiger partial charge in [-0.25, -0.2) is 0 Å². The zero-order valence-electron chi connectivity index (χ0n) is 15.6. The molecule has 6 rings (SSSR count). The van der Waals surface area contributed by atoms with Gasteiger partial charge in [-0.3, -0.25) is 14.4 Å². The highest BCUT2D eigenvalue weighted by Gasteiger charge is 2.82. The van der Waals surface area contributed by atoms with Crippen molar-refractivity contribution in [2.45, 2.75) is 38.2 Å². The van der Waals surface area contributed by atoms with Crippen LogP contribution in [0.4, 0.5) is 0 Å². The summed E-state index contributed by atoms with van der Waals surface area (Å²) in [5, 5.41) is 0. The number of allylic oxidation sites excluding steroid dienone is 3. The molecule has 1 heterocycles. The van der Waals surface area contributed by atoms with Crippen LogP contribution in [0.5, 0.6) is 0 Å². The van der Waals surface area contributed by atoms with Crippen molar-refractivity contribution < 1.29 is 19.1 Å². The summed E-state index contributed by atoms with van der Waals surface area (Å²) in [6, 6.07) is 0. The molecule has 26 heavy (non-hydrogen) atoms. The molecule has 2 unspecified atom stereocenters. The van der Waals surface area contributed by atoms with Crippen molar-refractivity contribution >= 4 is 17.5 Å². The number of hydrogen-bond donors (Lipinski definition) is 0. The average molecular weight is 355 g/mol. The van der Waals surface area contributed by atoms with Gasteiger partial charge in [-0.05, 0) is 46.7 Å². The van der Waals surface area contributed by atoms with Crippen LogP contribution in [0, 0.1) is 28.6 Å². The lowest BCUT2D eigenvalue weighted by atomic mass is 9.33. The molecule has 1 aliphatic heterocycles. The minimum absolute atomic E-state index is 0.0197. The molecule has 1 saturated heterocycles. The largest absolute Gasteiger partial charge is 0.459 e. The maximum Gasteiger partial charge on any atom is 0.313 e. The minimum atomic E-state index is -1.07. The minimum Gasteiger partial charge on any atom is -0.459 e. The van der Waals surface area contributed by atoms with Gasteiger partial charge in [0.1, 0.15) is 11.0 Å². The lowest BCUT2D eigenvalue weighted by Gasteiger charge is -2.65. The van der Waals surface area contributed by atoms with Crippen molar-refractivity contribution in [1.82, 2.24) is 4.90 Å². The van der Waals surface area contributed by atoms with Gasteiger partial charge in [-0.1, -0.05) is 18.2 Å². The number of ketones is 2. The molecule has 3 saturated carbocycles. The van der Waals surface area contributed by atoms with Crippen LogP contribution >= 0.6 is 0 Å². The van der Waals surface area contributed by atoms with Gasteiger partial charge in [0.05, 0.1) is 5.41 Å². The van der Waals surface area contributed by atoms with Crippen molar-refractivity contribution in [3.8, 4) is 0 Å². The number of hydrogen-bond acceptors (Lipinski definition) is 5. The summed E-state index contributed by atoms with van der Waals surface area (Å²) in [5.41, 5.74) is -0.918. The quantitative estimate of drug-likeness (QED) is 0.430. The Bertz CT molecular complexity index is 826. The van der Waals surface area contributed by atoms with Gasteiger partial charge in [-0.2, -0.15) is 0 Å². The molecule has 0 radical (unpaired) electrons. The molecule has 1 spiro atoms. The average Bonchev–Trinajstić information content (AvgIpc) is 2.65. The van der Waals surface area contributed by atoms with E-state index in [-0.39, 0.29) is 35.3 Å². The van der Waals surface area contributed by atoms with E-state index >= 15 is 0 Å². The number of Topliss-reactive ketones (excluding diaryl/α,β-unsaturated/α-hetero) is 2. The van der Waals surface area contributed by atoms with Crippen LogP contribution in [0.3, 0.4) is 0 Å². The summed E-state index contributed by atoms with van der Waals surface area (Å²) in [4.78, 5) is 42.2. The van der Waals surface area contributed by atoms with Gasteiger partial charge in [0, 0.05) is 29.9 Å². The van der Waals surface area contributed by atoms with Crippen LogP contribution in [-0.2, 0) is 19.1 Å². The van der Waals surface area contributed by atoms with E-state index in [1.165, 1.54) is 0 Å². The number of nitrogens with zero attached hydrogens (tertiary/aromatic N) is 1. The summed E-state index contributed by atoms with van der Waals surface area (Å²) in [6.45, 7) is 6.41. The summed E-state index contributed by atoms with van der Waals surface area (Å²) in [5.74, 6) is -1.13. The Balaban J connectivity index is 1.77. The monoisotopic (exact) mass is 355 g/mol. The van der Waals surface area contributed by atoms with Crippen LogP contribution in [0.25, 0.3) is 0 Å². The lowest BCUT2D eigenvalue weighted by Crippen LogP contribution is -2.73. The number of esters is 1. The van der Waals surface area contributed by atoms with E-state index in [4.69, 9.17) is 4.74 Å². The molecule has 0 N–H and O–H groups in total. The van der Waals surface area contributed by atoms with Gasteiger partial charge in [0.15, 0.2) is 11.6 Å². The molecule has 0 aromatic carbocycles. The van der Waals surface area contributed by atoms with E-state index in [2.05, 4.69) is 6.58 Å². The first-order valence-electron chi connectivity index (χ1n) is 9.55. The fourth-order valence-electron chi connectivity index (χ4n) is 7.27. The SMILES string of the molecule is C=C1C=C2C[C@]3(C1=O)C(=O)[C@@H](CN(C)C)C1[C@@]4(CCC[C@@]1(C)OC4=O)C23. The Morgan fingerprint density at radius 3 is 2.69 bits per heavy atom. The third-order valence-corrected chi connectivity index (χ3v) is 7.84. The first kappa shape index (κ1) is 16.4. The second-order valence-electron chi connectivity index (χ2n) is 9.46. The predicted molar refractivity (Wildman–Crippen MR) is 94.1 cm³/mol. The summed E-state index contributed by atoms with van der Waals surface area (Å²) in [7, 11) is 3.88. The van der Waals surface area contributed by atoms with Gasteiger partial charge < -0.3 is 9.64 Å². The van der Waals surface area contributed by atoms with Gasteiger partial charge in [0.2, 0.25) is 0 Å². The van der Waals surface area contributed by atoms with Crippen LogP contribution in [0.2, 0.25) is 0 Å². The van der Waals surface area contributed by atoms with E-state index in [0.29, 0.717) is 25.0 Å². The van der Waals surface area contributed by atoms with Crippen LogP contribution in [0.1, 0.15) is 32.6 Å². The number of ether oxygens (including phenoxy) is 1. The van der Waals surface area contributed by atoms with E-state index in [9.17, 15) is 14.4 Å². The normalized spacial score (nSPS) is 48.6. The lowest BCUT2D eigenvalue weighted by molar-refractivity contribution is -0.181. The smallest absolute Gasteiger partial charge is 0.313 e. The van der Waals surface area contributed by atoms with Crippen molar-refractivity contribution in [3.05, 3.63) is 23.8 Å². The van der Waals surface area contributed by atoms with Crippen molar-refractivity contribution in [2.24, 2.45) is 28.6 Å². The topological polar surface area (TPSA) is 63.7 Å². The summed E-state index contributed by atoms with van der Waals surface area (Å²) < 4.78 is 5.98. The van der Waals surface area contributed by atoms with E-state index < -0.39 is 16.4 Å². The molecule has 138 valence electrons. The van der Waals surface area contributed by atoms with Crippen LogP contribution in [-0.4, -0.2) is 48.7 Å². The van der Waals surface area contributed by atoms with Crippen molar-refractivity contribution in [2.75, 3.05) is 20.6 Å². The van der Waals surface area contributed by atoms with Gasteiger partial charge >= 0.3 is 5.97 Å². The Morgan fingerprint density at radius 2 is 2.00 bits per heavy atom. The Hall–Kier alpha value is -1.75. The third-order valence-electron chi connectivity index (χ3n) is 7.84. The second-order valence-corrected chi connectivity index (χ2v) is 9.46. The molecule has 4 fully saturated rings. The van der Waals surface area contributed by atoms with Gasteiger partial charge in [-0.15, -0.1) is 0 Å². The van der Waals surface area contributed by atoms with Crippen LogP contribution < -0.4 is 0 Å². The first-order chi connectivity index (χ1) is 12.2. The molecule has 4 bridgehead atoms. The first-order valence-corrected chi connectivity index (χ1v) is 9.55. The third kappa shape index (κ3) is 1.49. The second kappa shape index (κ2) is 4.56. The zero-order chi connectivity index (χ0) is 18.6. The molecule has 5 aliphatic carbocycles. The summed E-state index contributed by atoms with van der Waals surface area (Å²) >= 11 is 0. The molecule has 5 heteroatoms.